The van der Waals surface area contributed by atoms with Gasteiger partial charge in [0.15, 0.2) is 0 Å². The lowest BCUT2D eigenvalue weighted by Crippen LogP contribution is -2.03. The molecule has 1 heterocycles. The highest BCUT2D eigenvalue weighted by Crippen LogP contribution is 1.84. The largest absolute Gasteiger partial charge is 0.330 e. The van der Waals surface area contributed by atoms with Crippen molar-refractivity contribution >= 4 is 0 Å². The van der Waals surface area contributed by atoms with E-state index in [9.17, 15) is 0 Å². The monoisotopic (exact) mass is 126 g/mol. The molecule has 0 bridgehead atoms. The Hall–Kier alpha value is -0.900. The molecule has 0 aliphatic rings. The molecule has 0 aromatic carbocycles. The summed E-state index contributed by atoms with van der Waals surface area (Å²) >= 11 is 0. The first-order valence-corrected chi connectivity index (χ1v) is 2.96. The molecule has 1 aromatic rings. The summed E-state index contributed by atoms with van der Waals surface area (Å²) in [6, 6.07) is 0. The summed E-state index contributed by atoms with van der Waals surface area (Å²) < 4.78 is 1.91. The van der Waals surface area contributed by atoms with E-state index in [1.54, 1.807) is 12.7 Å². The van der Waals surface area contributed by atoms with Gasteiger partial charge in [-0.1, -0.05) is 0 Å². The van der Waals surface area contributed by atoms with Crippen molar-refractivity contribution in [3.63, 3.8) is 0 Å². The van der Waals surface area contributed by atoms with Gasteiger partial charge in [-0.3, -0.25) is 0 Å². The van der Waals surface area contributed by atoms with Gasteiger partial charge in [-0.15, -0.1) is 10.2 Å². The number of rotatable bonds is 3. The van der Waals surface area contributed by atoms with Crippen LogP contribution < -0.4 is 5.73 Å². The number of hydrogen-bond acceptors (Lipinski definition) is 3. The van der Waals surface area contributed by atoms with Gasteiger partial charge >= 0.3 is 0 Å². The number of nitrogens with two attached hydrogens (primary N) is 1. The molecule has 0 aliphatic heterocycles. The van der Waals surface area contributed by atoms with Crippen LogP contribution in [0.25, 0.3) is 0 Å². The van der Waals surface area contributed by atoms with Crippen LogP contribution in [0.2, 0.25) is 0 Å². The standard InChI is InChI=1S/C5H10N4/c6-2-1-3-9-4-7-8-5-9/h4-5H,1-3,6H2. The first kappa shape index (κ1) is 6.22. The summed E-state index contributed by atoms with van der Waals surface area (Å²) in [6.45, 7) is 1.64. The zero-order chi connectivity index (χ0) is 6.53. The van der Waals surface area contributed by atoms with Gasteiger partial charge in [0.2, 0.25) is 0 Å². The maximum atomic E-state index is 5.29. The second kappa shape index (κ2) is 3.19. The number of hydrogen-bond donors (Lipinski definition) is 1. The summed E-state index contributed by atoms with van der Waals surface area (Å²) in [5, 5.41) is 7.29. The highest BCUT2D eigenvalue weighted by atomic mass is 15.2. The Labute approximate surface area is 53.7 Å². The Morgan fingerprint density at radius 2 is 2.00 bits per heavy atom. The maximum absolute atomic E-state index is 5.29. The van der Waals surface area contributed by atoms with Crippen molar-refractivity contribution in [1.82, 2.24) is 14.8 Å². The van der Waals surface area contributed by atoms with Crippen molar-refractivity contribution in [3.8, 4) is 0 Å². The molecule has 0 fully saturated rings. The summed E-state index contributed by atoms with van der Waals surface area (Å²) in [5.41, 5.74) is 5.29. The minimum atomic E-state index is 0.720. The average Bonchev–Trinajstić information content (AvgIpc) is 2.34. The van der Waals surface area contributed by atoms with Crippen molar-refractivity contribution in [2.45, 2.75) is 13.0 Å². The fraction of sp³-hybridized carbons (Fsp3) is 0.600. The molecular formula is C5H10N4. The van der Waals surface area contributed by atoms with Gasteiger partial charge in [0, 0.05) is 6.54 Å². The molecule has 0 spiro atoms. The van der Waals surface area contributed by atoms with Crippen LogP contribution in [0, 0.1) is 0 Å². The van der Waals surface area contributed by atoms with Gasteiger partial charge in [-0.2, -0.15) is 0 Å². The Morgan fingerprint density at radius 3 is 2.56 bits per heavy atom. The van der Waals surface area contributed by atoms with E-state index in [1.165, 1.54) is 0 Å². The predicted molar refractivity (Wildman–Crippen MR) is 33.7 cm³/mol. The topological polar surface area (TPSA) is 56.7 Å². The van der Waals surface area contributed by atoms with Crippen LogP contribution in [-0.2, 0) is 6.54 Å². The van der Waals surface area contributed by atoms with Crippen molar-refractivity contribution in [3.05, 3.63) is 12.7 Å². The second-order valence-corrected chi connectivity index (χ2v) is 1.84. The van der Waals surface area contributed by atoms with Crippen LogP contribution in [0.1, 0.15) is 6.42 Å². The third-order valence-corrected chi connectivity index (χ3v) is 1.09. The predicted octanol–water partition coefficient (Wildman–Crippen LogP) is -0.373. The summed E-state index contributed by atoms with van der Waals surface area (Å²) in [7, 11) is 0. The Morgan fingerprint density at radius 1 is 1.33 bits per heavy atom. The second-order valence-electron chi connectivity index (χ2n) is 1.84. The van der Waals surface area contributed by atoms with E-state index >= 15 is 0 Å². The van der Waals surface area contributed by atoms with Crippen LogP contribution in [0.4, 0.5) is 0 Å². The minimum absolute atomic E-state index is 0.720. The molecule has 1 aromatic heterocycles. The minimum Gasteiger partial charge on any atom is -0.330 e. The van der Waals surface area contributed by atoms with E-state index < -0.39 is 0 Å². The van der Waals surface area contributed by atoms with Gasteiger partial charge in [-0.05, 0) is 13.0 Å². The molecule has 0 saturated heterocycles. The lowest BCUT2D eigenvalue weighted by atomic mass is 10.4. The molecule has 0 atom stereocenters. The molecule has 0 saturated carbocycles. The Bertz CT molecular complexity index is 146. The SMILES string of the molecule is NCCCn1cnnc1. The smallest absolute Gasteiger partial charge is 0.119 e. The Balaban J connectivity index is 2.30. The maximum Gasteiger partial charge on any atom is 0.119 e. The Kier molecular flexibility index (Phi) is 2.21. The number of aromatic nitrogens is 3. The summed E-state index contributed by atoms with van der Waals surface area (Å²) in [5.74, 6) is 0. The molecular weight excluding hydrogens is 116 g/mol. The third kappa shape index (κ3) is 1.81. The molecule has 0 unspecified atom stereocenters. The van der Waals surface area contributed by atoms with Crippen LogP contribution in [0.3, 0.4) is 0 Å². The van der Waals surface area contributed by atoms with Crippen molar-refractivity contribution in [1.29, 1.82) is 0 Å². The van der Waals surface area contributed by atoms with E-state index in [1.807, 2.05) is 4.57 Å². The third-order valence-electron chi connectivity index (χ3n) is 1.09. The van der Waals surface area contributed by atoms with E-state index in [-0.39, 0.29) is 0 Å². The van der Waals surface area contributed by atoms with Gasteiger partial charge < -0.3 is 10.3 Å². The quantitative estimate of drug-likeness (QED) is 0.601. The molecule has 0 aliphatic carbocycles. The molecule has 0 amide bonds. The fourth-order valence-electron chi connectivity index (χ4n) is 0.611. The van der Waals surface area contributed by atoms with Crippen LogP contribution in [-0.4, -0.2) is 21.3 Å². The van der Waals surface area contributed by atoms with Crippen molar-refractivity contribution in [2.75, 3.05) is 6.54 Å². The van der Waals surface area contributed by atoms with E-state index in [4.69, 9.17) is 5.73 Å². The zero-order valence-corrected chi connectivity index (χ0v) is 5.20. The molecule has 4 heteroatoms. The van der Waals surface area contributed by atoms with Gasteiger partial charge in [0.1, 0.15) is 12.7 Å². The zero-order valence-electron chi connectivity index (χ0n) is 5.20. The lowest BCUT2D eigenvalue weighted by Gasteiger charge is -1.95. The molecule has 2 N–H and O–H groups in total. The van der Waals surface area contributed by atoms with E-state index in [2.05, 4.69) is 10.2 Å². The highest BCUT2D eigenvalue weighted by molar-refractivity contribution is 4.59. The average molecular weight is 126 g/mol. The normalized spacial score (nSPS) is 9.89. The molecule has 9 heavy (non-hydrogen) atoms. The van der Waals surface area contributed by atoms with Crippen LogP contribution in [0.15, 0.2) is 12.7 Å². The van der Waals surface area contributed by atoms with Crippen molar-refractivity contribution < 1.29 is 0 Å². The first-order valence-electron chi connectivity index (χ1n) is 2.96. The fourth-order valence-corrected chi connectivity index (χ4v) is 0.611. The van der Waals surface area contributed by atoms with Crippen LogP contribution in [0.5, 0.6) is 0 Å². The number of nitrogens with zero attached hydrogens (tertiary/aromatic N) is 3. The summed E-state index contributed by atoms with van der Waals surface area (Å²) in [4.78, 5) is 0. The lowest BCUT2D eigenvalue weighted by molar-refractivity contribution is 0.648. The van der Waals surface area contributed by atoms with Gasteiger partial charge in [-0.25, -0.2) is 0 Å². The summed E-state index contributed by atoms with van der Waals surface area (Å²) in [6.07, 6.45) is 4.36. The highest BCUT2D eigenvalue weighted by Gasteiger charge is 1.86. The van der Waals surface area contributed by atoms with E-state index in [0.717, 1.165) is 19.5 Å². The van der Waals surface area contributed by atoms with Crippen molar-refractivity contribution in [2.24, 2.45) is 5.73 Å². The van der Waals surface area contributed by atoms with Gasteiger partial charge in [0.05, 0.1) is 0 Å². The molecule has 4 nitrogen and oxygen atoms in total. The molecule has 50 valence electrons. The molecule has 1 rings (SSSR count). The van der Waals surface area contributed by atoms with Gasteiger partial charge in [0.25, 0.3) is 0 Å². The number of aryl methyl sites for hydroxylation is 1. The van der Waals surface area contributed by atoms with Crippen LogP contribution >= 0.6 is 0 Å². The van der Waals surface area contributed by atoms with E-state index in [0.29, 0.717) is 0 Å². The molecule has 0 radical (unpaired) electrons. The first-order chi connectivity index (χ1) is 4.43.